The lowest BCUT2D eigenvalue weighted by Gasteiger charge is -2.24. The Morgan fingerprint density at radius 3 is 2.62 bits per heavy atom. The average Bonchev–Trinajstić information content (AvgIpc) is 3.03. The molecule has 5 nitrogen and oxygen atoms in total. The summed E-state index contributed by atoms with van der Waals surface area (Å²) >= 11 is 0. The highest BCUT2D eigenvalue weighted by Gasteiger charge is 2.34. The normalized spacial score (nSPS) is 15.9. The molecule has 148 valence electrons. The highest BCUT2D eigenvalue weighted by Crippen LogP contribution is 2.37. The van der Waals surface area contributed by atoms with Crippen LogP contribution in [-0.4, -0.2) is 21.9 Å². The number of hydrogen-bond acceptors (Lipinski definition) is 4. The monoisotopic (exact) mass is 398 g/mol. The average molecular weight is 398 g/mol. The Kier molecular flexibility index (Phi) is 4.70. The summed E-state index contributed by atoms with van der Waals surface area (Å²) in [5.74, 6) is -0.211. The first kappa shape index (κ1) is 18.9. The summed E-state index contributed by atoms with van der Waals surface area (Å²) in [6.07, 6.45) is -2.50. The van der Waals surface area contributed by atoms with E-state index in [-0.39, 0.29) is 17.4 Å². The molecule has 0 radical (unpaired) electrons. The molecule has 0 saturated carbocycles. The van der Waals surface area contributed by atoms with Gasteiger partial charge in [0.15, 0.2) is 0 Å². The molecule has 4 rings (SSSR count). The quantitative estimate of drug-likeness (QED) is 0.687. The lowest BCUT2D eigenvalue weighted by Crippen LogP contribution is -2.25. The second-order valence-corrected chi connectivity index (χ2v) is 6.81. The number of para-hydroxylation sites is 2. The molecule has 1 unspecified atom stereocenters. The van der Waals surface area contributed by atoms with Crippen molar-refractivity contribution in [2.75, 3.05) is 10.2 Å². The maximum Gasteiger partial charge on any atom is 0.418 e. The lowest BCUT2D eigenvalue weighted by molar-refractivity contribution is -0.136. The van der Waals surface area contributed by atoms with Crippen LogP contribution in [0.1, 0.15) is 28.5 Å². The fourth-order valence-electron chi connectivity index (χ4n) is 3.54. The fraction of sp³-hybridized carbons (Fsp3) is 0.190. The molecule has 1 aliphatic heterocycles. The Hall–Kier alpha value is -3.42. The van der Waals surface area contributed by atoms with Gasteiger partial charge < -0.3 is 10.2 Å². The van der Waals surface area contributed by atoms with Gasteiger partial charge in [0, 0.05) is 17.8 Å². The molecule has 1 amide bonds. The van der Waals surface area contributed by atoms with Crippen molar-refractivity contribution < 1.29 is 18.0 Å². The lowest BCUT2D eigenvalue weighted by atomic mass is 10.1. The molecule has 1 atom stereocenters. The third-order valence-corrected chi connectivity index (χ3v) is 4.82. The van der Waals surface area contributed by atoms with Gasteiger partial charge in [-0.15, -0.1) is 0 Å². The predicted molar refractivity (Wildman–Crippen MR) is 103 cm³/mol. The molecule has 0 spiro atoms. The van der Waals surface area contributed by atoms with Crippen LogP contribution in [0.3, 0.4) is 0 Å². The molecule has 29 heavy (non-hydrogen) atoms. The Morgan fingerprint density at radius 2 is 1.83 bits per heavy atom. The maximum absolute atomic E-state index is 13.2. The van der Waals surface area contributed by atoms with Gasteiger partial charge in [0.25, 0.3) is 5.91 Å². The van der Waals surface area contributed by atoms with Crippen molar-refractivity contribution in [3.63, 3.8) is 0 Å². The van der Waals surface area contributed by atoms with E-state index in [9.17, 15) is 18.0 Å². The molecule has 2 aromatic carbocycles. The largest absolute Gasteiger partial charge is 0.418 e. The zero-order valence-electron chi connectivity index (χ0n) is 15.4. The number of hydrogen-bond donors (Lipinski definition) is 1. The highest BCUT2D eigenvalue weighted by molar-refractivity contribution is 6.03. The van der Waals surface area contributed by atoms with E-state index in [1.165, 1.54) is 36.2 Å². The Balaban J connectivity index is 1.63. The van der Waals surface area contributed by atoms with Crippen molar-refractivity contribution in [2.24, 2.45) is 0 Å². The van der Waals surface area contributed by atoms with Gasteiger partial charge in [-0.25, -0.2) is 9.97 Å². The number of carbonyl (C=O) groups is 1. The van der Waals surface area contributed by atoms with E-state index in [2.05, 4.69) is 15.3 Å². The van der Waals surface area contributed by atoms with Crippen LogP contribution in [0, 0.1) is 0 Å². The minimum atomic E-state index is -4.57. The summed E-state index contributed by atoms with van der Waals surface area (Å²) in [5.41, 5.74) is 0.925. The van der Waals surface area contributed by atoms with E-state index < -0.39 is 17.6 Å². The molecule has 0 fully saturated rings. The number of carbonyl (C=O) groups excluding carboxylic acids is 1. The summed E-state index contributed by atoms with van der Waals surface area (Å²) in [6.45, 7) is 2.04. The zero-order valence-corrected chi connectivity index (χ0v) is 15.4. The molecule has 0 bridgehead atoms. The summed E-state index contributed by atoms with van der Waals surface area (Å²) in [5, 5.41) is 2.31. The molecule has 8 heteroatoms. The molecule has 1 aliphatic rings. The van der Waals surface area contributed by atoms with Crippen LogP contribution < -0.4 is 10.2 Å². The zero-order chi connectivity index (χ0) is 20.6. The number of rotatable bonds is 3. The number of nitrogens with zero attached hydrogens (tertiary/aromatic N) is 3. The number of anilines is 3. The second-order valence-electron chi connectivity index (χ2n) is 6.81. The number of halogens is 3. The van der Waals surface area contributed by atoms with Crippen LogP contribution in [0.4, 0.5) is 30.4 Å². The van der Waals surface area contributed by atoms with E-state index in [1.54, 1.807) is 0 Å². The van der Waals surface area contributed by atoms with Crippen LogP contribution >= 0.6 is 0 Å². The van der Waals surface area contributed by atoms with E-state index in [0.29, 0.717) is 5.82 Å². The van der Waals surface area contributed by atoms with Gasteiger partial charge in [-0.3, -0.25) is 4.79 Å². The van der Waals surface area contributed by atoms with E-state index >= 15 is 0 Å². The smallest absolute Gasteiger partial charge is 0.323 e. The third kappa shape index (κ3) is 3.65. The van der Waals surface area contributed by atoms with Crippen LogP contribution in [0.2, 0.25) is 0 Å². The Bertz CT molecular complexity index is 1070. The van der Waals surface area contributed by atoms with Crippen molar-refractivity contribution in [2.45, 2.75) is 25.6 Å². The van der Waals surface area contributed by atoms with Crippen LogP contribution in [0.25, 0.3) is 0 Å². The number of alkyl halides is 3. The van der Waals surface area contributed by atoms with Gasteiger partial charge in [-0.2, -0.15) is 13.2 Å². The predicted octanol–water partition coefficient (Wildman–Crippen LogP) is 4.83. The van der Waals surface area contributed by atoms with Crippen LogP contribution in [-0.2, 0) is 12.6 Å². The first-order chi connectivity index (χ1) is 13.8. The molecular weight excluding hydrogens is 381 g/mol. The standard InChI is InChI=1S/C21H17F3N4O/c1-13-10-14-6-2-5-9-18(14)28(13)19-11-17(25-12-26-19)20(29)27-16-8-4-3-7-15(16)21(22,23)24/h2-9,11-13H,10H2,1H3,(H,27,29). The first-order valence-electron chi connectivity index (χ1n) is 9.01. The summed E-state index contributed by atoms with van der Waals surface area (Å²) in [6, 6.07) is 14.3. The molecule has 1 aromatic heterocycles. The fourth-order valence-corrected chi connectivity index (χ4v) is 3.54. The number of fused-ring (bicyclic) bond motifs is 1. The number of amides is 1. The first-order valence-corrected chi connectivity index (χ1v) is 9.01. The summed E-state index contributed by atoms with van der Waals surface area (Å²) < 4.78 is 39.5. The van der Waals surface area contributed by atoms with Crippen molar-refractivity contribution in [3.05, 3.63) is 77.7 Å². The molecule has 3 aromatic rings. The van der Waals surface area contributed by atoms with Crippen molar-refractivity contribution >= 4 is 23.1 Å². The van der Waals surface area contributed by atoms with Crippen molar-refractivity contribution in [1.82, 2.24) is 9.97 Å². The van der Waals surface area contributed by atoms with Gasteiger partial charge in [0.1, 0.15) is 17.8 Å². The molecule has 1 N–H and O–H groups in total. The number of nitrogens with one attached hydrogen (secondary N) is 1. The molecule has 2 heterocycles. The number of benzene rings is 2. The topological polar surface area (TPSA) is 58.1 Å². The van der Waals surface area contributed by atoms with E-state index in [4.69, 9.17) is 0 Å². The van der Waals surface area contributed by atoms with Crippen molar-refractivity contribution in [1.29, 1.82) is 0 Å². The molecule has 0 aliphatic carbocycles. The van der Waals surface area contributed by atoms with Gasteiger partial charge in [0.2, 0.25) is 0 Å². The van der Waals surface area contributed by atoms with Crippen molar-refractivity contribution in [3.8, 4) is 0 Å². The molecular formula is C21H17F3N4O. The van der Waals surface area contributed by atoms with Crippen LogP contribution in [0.5, 0.6) is 0 Å². The minimum Gasteiger partial charge on any atom is -0.323 e. The SMILES string of the molecule is CC1Cc2ccccc2N1c1cc(C(=O)Nc2ccccc2C(F)(F)F)ncn1. The molecule has 0 saturated heterocycles. The summed E-state index contributed by atoms with van der Waals surface area (Å²) in [7, 11) is 0. The van der Waals surface area contributed by atoms with Gasteiger partial charge in [-0.1, -0.05) is 30.3 Å². The van der Waals surface area contributed by atoms with E-state index in [0.717, 1.165) is 18.2 Å². The second kappa shape index (κ2) is 7.20. The van der Waals surface area contributed by atoms with Crippen LogP contribution in [0.15, 0.2) is 60.9 Å². The number of aromatic nitrogens is 2. The Morgan fingerprint density at radius 1 is 1.10 bits per heavy atom. The third-order valence-electron chi connectivity index (χ3n) is 4.82. The van der Waals surface area contributed by atoms with Gasteiger partial charge >= 0.3 is 6.18 Å². The maximum atomic E-state index is 13.2. The van der Waals surface area contributed by atoms with Gasteiger partial charge in [0.05, 0.1) is 11.3 Å². The highest BCUT2D eigenvalue weighted by atomic mass is 19.4. The summed E-state index contributed by atoms with van der Waals surface area (Å²) in [4.78, 5) is 22.8. The Labute approximate surface area is 165 Å². The minimum absolute atomic E-state index is 0.0106. The van der Waals surface area contributed by atoms with E-state index in [1.807, 2.05) is 36.1 Å². The van der Waals surface area contributed by atoms with Gasteiger partial charge in [-0.05, 0) is 37.1 Å².